The lowest BCUT2D eigenvalue weighted by molar-refractivity contribution is 0.207. The molecule has 0 unspecified atom stereocenters. The van der Waals surface area contributed by atoms with Crippen LogP contribution in [-0.4, -0.2) is 37.1 Å². The van der Waals surface area contributed by atoms with E-state index in [9.17, 15) is 4.39 Å². The molecule has 0 saturated carbocycles. The van der Waals surface area contributed by atoms with Gasteiger partial charge >= 0.3 is 0 Å². The van der Waals surface area contributed by atoms with Crippen LogP contribution in [0.1, 0.15) is 51.0 Å². The van der Waals surface area contributed by atoms with Gasteiger partial charge in [-0.2, -0.15) is 0 Å². The normalized spacial score (nSPS) is 21.4. The molecular formula is C18H27FN2. The van der Waals surface area contributed by atoms with Gasteiger partial charge in [0.05, 0.1) is 5.69 Å². The maximum atomic E-state index is 14.3. The second-order valence-corrected chi connectivity index (χ2v) is 6.83. The molecule has 1 aromatic carbocycles. The standard InChI is InChI=1S/C18H27FN2/c1-14(2)15-5-6-18(17(19)13-15)21-11-7-16(8-12-21)20-9-3-4-10-20/h5-6,13-14,16H,3-4,7-12H2,1-2H3. The van der Waals surface area contributed by atoms with Crippen molar-refractivity contribution in [3.8, 4) is 0 Å². The van der Waals surface area contributed by atoms with E-state index < -0.39 is 0 Å². The summed E-state index contributed by atoms with van der Waals surface area (Å²) in [7, 11) is 0. The maximum absolute atomic E-state index is 14.3. The van der Waals surface area contributed by atoms with E-state index in [-0.39, 0.29) is 5.82 Å². The summed E-state index contributed by atoms with van der Waals surface area (Å²) in [5.74, 6) is 0.329. The zero-order valence-electron chi connectivity index (χ0n) is 13.3. The average Bonchev–Trinajstić information content (AvgIpc) is 3.01. The van der Waals surface area contributed by atoms with Crippen molar-refractivity contribution in [1.29, 1.82) is 0 Å². The Morgan fingerprint density at radius 3 is 2.29 bits per heavy atom. The third-order valence-corrected chi connectivity index (χ3v) is 5.10. The van der Waals surface area contributed by atoms with Crippen LogP contribution in [0.5, 0.6) is 0 Å². The van der Waals surface area contributed by atoms with E-state index in [2.05, 4.69) is 29.7 Å². The molecule has 2 nitrogen and oxygen atoms in total. The van der Waals surface area contributed by atoms with Crippen molar-refractivity contribution in [3.63, 3.8) is 0 Å². The van der Waals surface area contributed by atoms with Gasteiger partial charge in [-0.25, -0.2) is 4.39 Å². The van der Waals surface area contributed by atoms with Crippen LogP contribution >= 0.6 is 0 Å². The third kappa shape index (κ3) is 3.23. The molecule has 1 aromatic rings. The minimum absolute atomic E-state index is 0.0548. The van der Waals surface area contributed by atoms with Gasteiger partial charge in [0.1, 0.15) is 5.82 Å². The van der Waals surface area contributed by atoms with Gasteiger partial charge in [0.15, 0.2) is 0 Å². The van der Waals surface area contributed by atoms with Gasteiger partial charge < -0.3 is 9.80 Å². The lowest BCUT2D eigenvalue weighted by Gasteiger charge is -2.38. The van der Waals surface area contributed by atoms with Crippen LogP contribution in [0.15, 0.2) is 18.2 Å². The van der Waals surface area contributed by atoms with Gasteiger partial charge in [-0.15, -0.1) is 0 Å². The van der Waals surface area contributed by atoms with Gasteiger partial charge in [0.25, 0.3) is 0 Å². The minimum Gasteiger partial charge on any atom is -0.369 e. The highest BCUT2D eigenvalue weighted by Crippen LogP contribution is 2.28. The molecule has 0 aromatic heterocycles. The number of benzene rings is 1. The van der Waals surface area contributed by atoms with Gasteiger partial charge in [-0.1, -0.05) is 19.9 Å². The van der Waals surface area contributed by atoms with Crippen LogP contribution in [0.3, 0.4) is 0 Å². The predicted octanol–water partition coefficient (Wildman–Crippen LogP) is 4.01. The van der Waals surface area contributed by atoms with E-state index in [0.29, 0.717) is 5.92 Å². The van der Waals surface area contributed by atoms with Crippen molar-refractivity contribution in [3.05, 3.63) is 29.6 Å². The summed E-state index contributed by atoms with van der Waals surface area (Å²) < 4.78 is 14.3. The molecule has 3 rings (SSSR count). The van der Waals surface area contributed by atoms with Crippen molar-refractivity contribution in [1.82, 2.24) is 4.90 Å². The second-order valence-electron chi connectivity index (χ2n) is 6.83. The summed E-state index contributed by atoms with van der Waals surface area (Å²) in [6.07, 6.45) is 5.05. The molecule has 0 N–H and O–H groups in total. The first-order valence-corrected chi connectivity index (χ1v) is 8.43. The van der Waals surface area contributed by atoms with Crippen LogP contribution < -0.4 is 4.90 Å². The smallest absolute Gasteiger partial charge is 0.146 e. The molecule has 2 heterocycles. The van der Waals surface area contributed by atoms with Crippen LogP contribution in [0.2, 0.25) is 0 Å². The summed E-state index contributed by atoms with van der Waals surface area (Å²) in [6, 6.07) is 6.49. The molecule has 21 heavy (non-hydrogen) atoms. The molecule has 116 valence electrons. The number of hydrogen-bond acceptors (Lipinski definition) is 2. The molecule has 0 bridgehead atoms. The highest BCUT2D eigenvalue weighted by Gasteiger charge is 2.27. The number of anilines is 1. The van der Waals surface area contributed by atoms with Crippen molar-refractivity contribution in [2.45, 2.75) is 51.5 Å². The summed E-state index contributed by atoms with van der Waals surface area (Å²) in [4.78, 5) is 4.86. The van der Waals surface area contributed by atoms with Crippen molar-refractivity contribution >= 4 is 5.69 Å². The molecule has 2 aliphatic rings. The summed E-state index contributed by atoms with van der Waals surface area (Å²) >= 11 is 0. The molecule has 0 amide bonds. The summed E-state index contributed by atoms with van der Waals surface area (Å²) in [6.45, 7) is 8.72. The molecule has 0 atom stereocenters. The third-order valence-electron chi connectivity index (χ3n) is 5.10. The zero-order chi connectivity index (χ0) is 14.8. The number of halogens is 1. The van der Waals surface area contributed by atoms with E-state index >= 15 is 0 Å². The van der Waals surface area contributed by atoms with Crippen LogP contribution in [0.4, 0.5) is 10.1 Å². The van der Waals surface area contributed by atoms with Crippen molar-refractivity contribution in [2.24, 2.45) is 0 Å². The van der Waals surface area contributed by atoms with Gasteiger partial charge in [0, 0.05) is 19.1 Å². The van der Waals surface area contributed by atoms with E-state index in [1.54, 1.807) is 6.07 Å². The molecule has 0 radical (unpaired) electrons. The molecule has 2 aliphatic heterocycles. The number of piperidine rings is 1. The first kappa shape index (κ1) is 14.8. The molecular weight excluding hydrogens is 263 g/mol. The SMILES string of the molecule is CC(C)c1ccc(N2CCC(N3CCCC3)CC2)c(F)c1. The lowest BCUT2D eigenvalue weighted by Crippen LogP contribution is -2.44. The summed E-state index contributed by atoms with van der Waals surface area (Å²) in [5.41, 5.74) is 1.88. The average molecular weight is 290 g/mol. The fourth-order valence-electron chi connectivity index (χ4n) is 3.72. The Morgan fingerprint density at radius 2 is 1.71 bits per heavy atom. The topological polar surface area (TPSA) is 6.48 Å². The van der Waals surface area contributed by atoms with E-state index in [0.717, 1.165) is 30.4 Å². The van der Waals surface area contributed by atoms with Crippen LogP contribution in [-0.2, 0) is 0 Å². The van der Waals surface area contributed by atoms with Crippen molar-refractivity contribution in [2.75, 3.05) is 31.1 Å². The molecule has 3 heteroatoms. The van der Waals surface area contributed by atoms with Crippen LogP contribution in [0.25, 0.3) is 0 Å². The Labute approximate surface area is 127 Å². The lowest BCUT2D eigenvalue weighted by atomic mass is 10.0. The Morgan fingerprint density at radius 1 is 1.05 bits per heavy atom. The van der Waals surface area contributed by atoms with E-state index in [4.69, 9.17) is 0 Å². The predicted molar refractivity (Wildman–Crippen MR) is 86.5 cm³/mol. The Bertz CT molecular complexity index is 472. The highest BCUT2D eigenvalue weighted by molar-refractivity contribution is 5.50. The monoisotopic (exact) mass is 290 g/mol. The highest BCUT2D eigenvalue weighted by atomic mass is 19.1. The number of hydrogen-bond donors (Lipinski definition) is 0. The fraction of sp³-hybridized carbons (Fsp3) is 0.667. The zero-order valence-corrected chi connectivity index (χ0v) is 13.3. The van der Waals surface area contributed by atoms with Gasteiger partial charge in [-0.05, 0) is 62.4 Å². The molecule has 2 saturated heterocycles. The fourth-order valence-corrected chi connectivity index (χ4v) is 3.72. The first-order chi connectivity index (χ1) is 10.1. The number of likely N-dealkylation sites (tertiary alicyclic amines) is 1. The number of nitrogens with zero attached hydrogens (tertiary/aromatic N) is 2. The van der Waals surface area contributed by atoms with Crippen LogP contribution in [0, 0.1) is 5.82 Å². The molecule has 0 spiro atoms. The Balaban J connectivity index is 1.63. The molecule has 0 aliphatic carbocycles. The van der Waals surface area contributed by atoms with E-state index in [1.165, 1.54) is 38.8 Å². The number of rotatable bonds is 3. The largest absolute Gasteiger partial charge is 0.369 e. The Kier molecular flexibility index (Phi) is 4.48. The van der Waals surface area contributed by atoms with Crippen molar-refractivity contribution < 1.29 is 4.39 Å². The van der Waals surface area contributed by atoms with Gasteiger partial charge in [0.2, 0.25) is 0 Å². The van der Waals surface area contributed by atoms with Gasteiger partial charge in [-0.3, -0.25) is 0 Å². The summed E-state index contributed by atoms with van der Waals surface area (Å²) in [5, 5.41) is 0. The second kappa shape index (κ2) is 6.35. The maximum Gasteiger partial charge on any atom is 0.146 e. The quantitative estimate of drug-likeness (QED) is 0.830. The minimum atomic E-state index is -0.0548. The first-order valence-electron chi connectivity index (χ1n) is 8.43. The molecule has 2 fully saturated rings. The van der Waals surface area contributed by atoms with E-state index in [1.807, 2.05) is 6.07 Å². The Hall–Kier alpha value is -1.09.